The van der Waals surface area contributed by atoms with E-state index in [1.807, 2.05) is 31.2 Å². The van der Waals surface area contributed by atoms with Gasteiger partial charge in [0, 0.05) is 5.41 Å². The molecule has 2 amide bonds. The molecule has 1 aromatic carbocycles. The van der Waals surface area contributed by atoms with Crippen molar-refractivity contribution in [2.75, 3.05) is 13.7 Å². The number of ketones is 1. The number of Topliss-reactive ketones (excluding diaryl/α,β-unsaturated/α-hetero) is 1. The number of rotatable bonds is 9. The summed E-state index contributed by atoms with van der Waals surface area (Å²) in [5, 5.41) is 5.27. The van der Waals surface area contributed by atoms with Gasteiger partial charge in [-0.1, -0.05) is 36.3 Å². The molecular formula is C25H37N3O4. The highest BCUT2D eigenvalue weighted by molar-refractivity contribution is 5.95. The van der Waals surface area contributed by atoms with Crippen LogP contribution >= 0.6 is 0 Å². The number of carbonyl (C=O) groups excluding carboxylic acids is 3. The maximum Gasteiger partial charge on any atom is 0.239 e. The highest BCUT2D eigenvalue weighted by atomic mass is 16.5. The minimum atomic E-state index is -0.658. The lowest BCUT2D eigenvalue weighted by Gasteiger charge is -2.22. The Morgan fingerprint density at radius 3 is 2.34 bits per heavy atom. The van der Waals surface area contributed by atoms with Crippen LogP contribution in [0.15, 0.2) is 35.9 Å². The normalized spacial score (nSPS) is 17.7. The van der Waals surface area contributed by atoms with Crippen molar-refractivity contribution in [3.8, 4) is 5.75 Å². The van der Waals surface area contributed by atoms with Crippen LogP contribution in [0.4, 0.5) is 0 Å². The summed E-state index contributed by atoms with van der Waals surface area (Å²) in [7, 11) is 1.67. The summed E-state index contributed by atoms with van der Waals surface area (Å²) in [5.41, 5.74) is 7.66. The second-order valence-electron chi connectivity index (χ2n) is 9.03. The largest absolute Gasteiger partial charge is 0.497 e. The fraction of sp³-hybridized carbons (Fsp3) is 0.560. The third-order valence-corrected chi connectivity index (χ3v) is 5.94. The van der Waals surface area contributed by atoms with Crippen molar-refractivity contribution >= 4 is 17.6 Å². The molecule has 2 aliphatic rings. The quantitative estimate of drug-likeness (QED) is 0.508. The number of methoxy groups -OCH3 is 1. The van der Waals surface area contributed by atoms with Crippen LogP contribution < -0.4 is 21.1 Å². The van der Waals surface area contributed by atoms with Gasteiger partial charge in [-0.2, -0.15) is 0 Å². The molecule has 7 nitrogen and oxygen atoms in total. The molecule has 0 aliphatic heterocycles. The molecule has 0 bridgehead atoms. The number of hydrogen-bond acceptors (Lipinski definition) is 5. The van der Waals surface area contributed by atoms with Crippen molar-refractivity contribution in [3.05, 3.63) is 41.5 Å². The van der Waals surface area contributed by atoms with Crippen LogP contribution in [0.3, 0.4) is 0 Å². The summed E-state index contributed by atoms with van der Waals surface area (Å²) in [6, 6.07) is 6.81. The molecule has 0 saturated heterocycles. The smallest absolute Gasteiger partial charge is 0.239 e. The molecule has 2 unspecified atom stereocenters. The summed E-state index contributed by atoms with van der Waals surface area (Å²) in [6.07, 6.45) is 7.69. The average molecular weight is 444 g/mol. The Morgan fingerprint density at radius 1 is 1.19 bits per heavy atom. The van der Waals surface area contributed by atoms with Gasteiger partial charge in [-0.3, -0.25) is 14.4 Å². The minimum absolute atomic E-state index is 0.108. The van der Waals surface area contributed by atoms with E-state index < -0.39 is 12.1 Å². The molecule has 0 heterocycles. The third kappa shape index (κ3) is 8.11. The van der Waals surface area contributed by atoms with Crippen LogP contribution in [-0.2, 0) is 14.4 Å². The van der Waals surface area contributed by atoms with Crippen molar-refractivity contribution in [2.24, 2.45) is 11.1 Å². The fourth-order valence-electron chi connectivity index (χ4n) is 3.50. The number of ether oxygens (including phenoxy) is 1. The molecule has 0 radical (unpaired) electrons. The van der Waals surface area contributed by atoms with Crippen LogP contribution in [0.25, 0.3) is 0 Å². The predicted molar refractivity (Wildman–Crippen MR) is 125 cm³/mol. The van der Waals surface area contributed by atoms with Gasteiger partial charge < -0.3 is 21.1 Å². The monoisotopic (exact) mass is 443 g/mol. The van der Waals surface area contributed by atoms with E-state index in [4.69, 9.17) is 10.5 Å². The number of allylic oxidation sites excluding steroid dienone is 1. The Labute approximate surface area is 191 Å². The zero-order valence-corrected chi connectivity index (χ0v) is 19.7. The average Bonchev–Trinajstić information content (AvgIpc) is 3.31. The molecule has 0 spiro atoms. The van der Waals surface area contributed by atoms with E-state index in [-0.39, 0.29) is 29.6 Å². The van der Waals surface area contributed by atoms with Crippen LogP contribution in [0, 0.1) is 12.3 Å². The van der Waals surface area contributed by atoms with Crippen LogP contribution in [-0.4, -0.2) is 43.3 Å². The Morgan fingerprint density at radius 2 is 1.84 bits per heavy atom. The van der Waals surface area contributed by atoms with Gasteiger partial charge in [0.05, 0.1) is 25.7 Å². The number of amides is 2. The van der Waals surface area contributed by atoms with Crippen molar-refractivity contribution in [1.29, 1.82) is 0 Å². The second-order valence-corrected chi connectivity index (χ2v) is 9.03. The summed E-state index contributed by atoms with van der Waals surface area (Å²) in [5.74, 6) is 0.300. The lowest BCUT2D eigenvalue weighted by atomic mass is 9.92. The van der Waals surface area contributed by atoms with E-state index in [0.717, 1.165) is 37.9 Å². The number of nitrogens with one attached hydrogen (secondary N) is 2. The first-order chi connectivity index (χ1) is 15.1. The predicted octanol–water partition coefficient (Wildman–Crippen LogP) is 2.81. The van der Waals surface area contributed by atoms with Gasteiger partial charge in [-0.15, -0.1) is 0 Å². The minimum Gasteiger partial charge on any atom is -0.497 e. The topological polar surface area (TPSA) is 111 Å². The second kappa shape index (κ2) is 11.8. The lowest BCUT2D eigenvalue weighted by Crippen LogP contribution is -2.49. The van der Waals surface area contributed by atoms with Crippen LogP contribution in [0.5, 0.6) is 5.75 Å². The SMILES string of the molecule is CC(N)C(=O)NCC(=O)NC(CC1=CCCC1)C(=O)C1(C)CC1.COc1ccc(C)cc1. The van der Waals surface area contributed by atoms with Gasteiger partial charge in [-0.05, 0) is 64.5 Å². The van der Waals surface area contributed by atoms with E-state index in [0.29, 0.717) is 6.42 Å². The fourth-order valence-corrected chi connectivity index (χ4v) is 3.50. The molecular weight excluding hydrogens is 406 g/mol. The van der Waals surface area contributed by atoms with E-state index in [2.05, 4.69) is 23.6 Å². The number of benzene rings is 1. The maximum absolute atomic E-state index is 12.6. The third-order valence-electron chi connectivity index (χ3n) is 5.94. The molecule has 0 aromatic heterocycles. The number of nitrogens with two attached hydrogens (primary N) is 1. The van der Waals surface area contributed by atoms with Crippen LogP contribution in [0.2, 0.25) is 0 Å². The number of hydrogen-bond donors (Lipinski definition) is 3. The molecule has 4 N–H and O–H groups in total. The Balaban J connectivity index is 0.000000336. The first-order valence-electron chi connectivity index (χ1n) is 11.3. The zero-order valence-electron chi connectivity index (χ0n) is 19.7. The Hall–Kier alpha value is -2.67. The highest BCUT2D eigenvalue weighted by Crippen LogP contribution is 2.47. The van der Waals surface area contributed by atoms with E-state index >= 15 is 0 Å². The summed E-state index contributed by atoms with van der Waals surface area (Å²) in [6.45, 7) is 5.41. The molecule has 32 heavy (non-hydrogen) atoms. The molecule has 1 aromatic rings. The number of carbonyl (C=O) groups is 3. The molecule has 3 rings (SSSR count). The number of aryl methyl sites for hydroxylation is 1. The summed E-state index contributed by atoms with van der Waals surface area (Å²) in [4.78, 5) is 36.1. The zero-order chi connectivity index (χ0) is 23.7. The summed E-state index contributed by atoms with van der Waals surface area (Å²) >= 11 is 0. The van der Waals surface area contributed by atoms with Gasteiger partial charge in [0.1, 0.15) is 5.75 Å². The molecule has 1 saturated carbocycles. The summed E-state index contributed by atoms with van der Waals surface area (Å²) < 4.78 is 4.97. The lowest BCUT2D eigenvalue weighted by molar-refractivity contribution is -0.131. The van der Waals surface area contributed by atoms with Gasteiger partial charge in [0.25, 0.3) is 0 Å². The van der Waals surface area contributed by atoms with Crippen molar-refractivity contribution in [2.45, 2.75) is 71.4 Å². The van der Waals surface area contributed by atoms with E-state index in [1.165, 1.54) is 11.1 Å². The molecule has 7 heteroatoms. The Bertz CT molecular complexity index is 826. The Kier molecular flexibility index (Phi) is 9.44. The standard InChI is InChI=1S/C17H27N3O3.C8H10O/c1-11(18)16(23)19-10-14(21)20-13(9-12-5-3-4-6-12)15(22)17(2)7-8-17;1-7-3-5-8(9-2)6-4-7/h5,11,13H,3-4,6-10,18H2,1-2H3,(H,19,23)(H,20,21);3-6H,1-2H3. The molecule has 176 valence electrons. The maximum atomic E-state index is 12.6. The van der Waals surface area contributed by atoms with Gasteiger partial charge in [0.2, 0.25) is 11.8 Å². The van der Waals surface area contributed by atoms with E-state index in [9.17, 15) is 14.4 Å². The van der Waals surface area contributed by atoms with Crippen molar-refractivity contribution in [1.82, 2.24) is 10.6 Å². The first-order valence-corrected chi connectivity index (χ1v) is 11.3. The molecule has 2 aliphatic carbocycles. The van der Waals surface area contributed by atoms with Crippen molar-refractivity contribution in [3.63, 3.8) is 0 Å². The van der Waals surface area contributed by atoms with E-state index in [1.54, 1.807) is 14.0 Å². The van der Waals surface area contributed by atoms with Crippen molar-refractivity contribution < 1.29 is 19.1 Å². The molecule has 1 fully saturated rings. The highest BCUT2D eigenvalue weighted by Gasteiger charge is 2.47. The van der Waals surface area contributed by atoms with Gasteiger partial charge in [0.15, 0.2) is 5.78 Å². The van der Waals surface area contributed by atoms with Crippen LogP contribution in [0.1, 0.15) is 57.9 Å². The van der Waals surface area contributed by atoms with Gasteiger partial charge in [-0.25, -0.2) is 0 Å². The molecule has 2 atom stereocenters. The first kappa shape index (κ1) is 25.6. The van der Waals surface area contributed by atoms with Gasteiger partial charge >= 0.3 is 0 Å².